The molecule has 0 saturated carbocycles. The molecule has 0 aliphatic rings. The van der Waals surface area contributed by atoms with E-state index in [4.69, 9.17) is 23.2 Å². The van der Waals surface area contributed by atoms with E-state index in [1.807, 2.05) is 6.92 Å². The van der Waals surface area contributed by atoms with Gasteiger partial charge in [-0.25, -0.2) is 15.1 Å². The summed E-state index contributed by atoms with van der Waals surface area (Å²) in [7, 11) is 0. The third-order valence-electron chi connectivity index (χ3n) is 4.49. The van der Waals surface area contributed by atoms with Gasteiger partial charge in [-0.05, 0) is 66.0 Å². The van der Waals surface area contributed by atoms with Gasteiger partial charge in [-0.3, -0.25) is 9.59 Å². The molecule has 0 aliphatic heterocycles. The zero-order valence-electron chi connectivity index (χ0n) is 17.4. The molecule has 166 valence electrons. The first-order chi connectivity index (χ1) is 15.2. The minimum absolute atomic E-state index is 0.154. The molecule has 0 atom stereocenters. The van der Waals surface area contributed by atoms with E-state index in [0.29, 0.717) is 26.6 Å². The van der Waals surface area contributed by atoms with Crippen LogP contribution in [-0.2, 0) is 0 Å². The van der Waals surface area contributed by atoms with Crippen LogP contribution in [0.1, 0.15) is 46.7 Å². The minimum Gasteiger partial charge on any atom is -0.320 e. The standard InChI is InChI=1S/C21H19BrCl2N6O2/c1-4-12(3)27-28-21(32)18-11(2)8-13(23)9-15(18)26-20(31)16-10-17(22)29-30(16)19-14(24)6-5-7-25-19/h5-10H,4H2,1-3H3,(H,26,31)(H,28,32)/b27-12+. The summed E-state index contributed by atoms with van der Waals surface area (Å²) in [5, 5.41) is 11.7. The van der Waals surface area contributed by atoms with E-state index in [-0.39, 0.29) is 22.8 Å². The van der Waals surface area contributed by atoms with E-state index < -0.39 is 11.8 Å². The molecule has 0 radical (unpaired) electrons. The molecule has 0 saturated heterocycles. The number of anilines is 1. The summed E-state index contributed by atoms with van der Waals surface area (Å²) in [5.74, 6) is -0.715. The predicted octanol–water partition coefficient (Wildman–Crippen LogP) is 5.41. The second-order valence-electron chi connectivity index (χ2n) is 6.81. The fraction of sp³-hybridized carbons (Fsp3) is 0.190. The second-order valence-corrected chi connectivity index (χ2v) is 8.47. The number of hydrazone groups is 1. The summed E-state index contributed by atoms with van der Waals surface area (Å²) < 4.78 is 1.72. The Bertz CT molecular complexity index is 1220. The fourth-order valence-corrected chi connectivity index (χ4v) is 3.67. The van der Waals surface area contributed by atoms with Crippen LogP contribution >= 0.6 is 39.1 Å². The van der Waals surface area contributed by atoms with Crippen LogP contribution < -0.4 is 10.7 Å². The van der Waals surface area contributed by atoms with E-state index in [2.05, 4.69) is 41.9 Å². The van der Waals surface area contributed by atoms with Crippen molar-refractivity contribution < 1.29 is 9.59 Å². The number of rotatable bonds is 6. The van der Waals surface area contributed by atoms with Crippen molar-refractivity contribution in [1.82, 2.24) is 20.2 Å². The molecule has 2 aromatic heterocycles. The number of aryl methyl sites for hydroxylation is 1. The molecule has 0 spiro atoms. The molecule has 8 nitrogen and oxygen atoms in total. The average molecular weight is 538 g/mol. The van der Waals surface area contributed by atoms with E-state index in [1.54, 1.807) is 38.2 Å². The van der Waals surface area contributed by atoms with Gasteiger partial charge in [-0.2, -0.15) is 10.2 Å². The van der Waals surface area contributed by atoms with Gasteiger partial charge < -0.3 is 5.32 Å². The SMILES string of the molecule is CC/C(C)=N/NC(=O)c1c(C)cc(Cl)cc1NC(=O)c1cc(Br)nn1-c1ncccc1Cl. The number of amides is 2. The van der Waals surface area contributed by atoms with Crippen molar-refractivity contribution in [3.8, 4) is 5.82 Å². The quantitative estimate of drug-likeness (QED) is 0.324. The first kappa shape index (κ1) is 23.9. The number of hydrogen-bond donors (Lipinski definition) is 2. The molecule has 0 aliphatic carbocycles. The Hall–Kier alpha value is -2.75. The van der Waals surface area contributed by atoms with Crippen molar-refractivity contribution in [2.75, 3.05) is 5.32 Å². The van der Waals surface area contributed by atoms with Gasteiger partial charge in [0.05, 0.1) is 16.3 Å². The maximum Gasteiger partial charge on any atom is 0.274 e. The predicted molar refractivity (Wildman–Crippen MR) is 129 cm³/mol. The molecule has 1 aromatic carbocycles. The molecule has 32 heavy (non-hydrogen) atoms. The van der Waals surface area contributed by atoms with Crippen LogP contribution in [-0.4, -0.2) is 32.3 Å². The van der Waals surface area contributed by atoms with Crippen LogP contribution in [0.2, 0.25) is 10.0 Å². The highest BCUT2D eigenvalue weighted by Gasteiger charge is 2.22. The number of benzene rings is 1. The molecule has 2 heterocycles. The molecule has 0 unspecified atom stereocenters. The van der Waals surface area contributed by atoms with Crippen molar-refractivity contribution in [2.24, 2.45) is 5.10 Å². The fourth-order valence-electron chi connectivity index (χ4n) is 2.82. The highest BCUT2D eigenvalue weighted by molar-refractivity contribution is 9.10. The van der Waals surface area contributed by atoms with E-state index >= 15 is 0 Å². The van der Waals surface area contributed by atoms with Crippen molar-refractivity contribution in [1.29, 1.82) is 0 Å². The summed E-state index contributed by atoms with van der Waals surface area (Å²) in [6, 6.07) is 7.97. The normalized spacial score (nSPS) is 11.4. The van der Waals surface area contributed by atoms with Crippen LogP contribution in [0.4, 0.5) is 5.69 Å². The minimum atomic E-state index is -0.533. The molecular formula is C21H19BrCl2N6O2. The molecule has 3 rings (SSSR count). The second kappa shape index (κ2) is 10.2. The monoisotopic (exact) mass is 536 g/mol. The van der Waals surface area contributed by atoms with E-state index in [9.17, 15) is 9.59 Å². The third-order valence-corrected chi connectivity index (χ3v) is 5.39. The molecule has 0 fully saturated rings. The van der Waals surface area contributed by atoms with Gasteiger partial charge in [0, 0.05) is 23.0 Å². The number of carbonyl (C=O) groups excluding carboxylic acids is 2. The molecule has 2 amide bonds. The number of carbonyl (C=O) groups is 2. The maximum absolute atomic E-state index is 13.2. The Balaban J connectivity index is 1.99. The summed E-state index contributed by atoms with van der Waals surface area (Å²) in [5.41, 5.74) is 4.49. The maximum atomic E-state index is 13.2. The Labute approximate surface area is 203 Å². The van der Waals surface area contributed by atoms with Crippen molar-refractivity contribution in [3.63, 3.8) is 0 Å². The van der Waals surface area contributed by atoms with Gasteiger partial charge in [0.25, 0.3) is 11.8 Å². The Kier molecular flexibility index (Phi) is 7.65. The zero-order chi connectivity index (χ0) is 23.4. The lowest BCUT2D eigenvalue weighted by molar-refractivity contribution is 0.0955. The van der Waals surface area contributed by atoms with Gasteiger partial charge in [0.15, 0.2) is 5.82 Å². The number of pyridine rings is 1. The number of hydrogen-bond acceptors (Lipinski definition) is 5. The Morgan fingerprint density at radius 3 is 2.66 bits per heavy atom. The van der Waals surface area contributed by atoms with Crippen molar-refractivity contribution in [3.05, 3.63) is 68.0 Å². The molecule has 0 bridgehead atoms. The number of halogens is 3. The zero-order valence-corrected chi connectivity index (χ0v) is 20.5. The molecule has 11 heteroatoms. The summed E-state index contributed by atoms with van der Waals surface area (Å²) in [6.07, 6.45) is 2.23. The summed E-state index contributed by atoms with van der Waals surface area (Å²) in [4.78, 5) is 30.2. The lowest BCUT2D eigenvalue weighted by Gasteiger charge is -2.14. The van der Waals surface area contributed by atoms with Gasteiger partial charge in [-0.15, -0.1) is 0 Å². The van der Waals surface area contributed by atoms with Gasteiger partial charge in [-0.1, -0.05) is 30.1 Å². The molecular weight excluding hydrogens is 519 g/mol. The average Bonchev–Trinajstić information content (AvgIpc) is 3.13. The highest BCUT2D eigenvalue weighted by atomic mass is 79.9. The van der Waals surface area contributed by atoms with Crippen LogP contribution in [0.15, 0.2) is 46.2 Å². The topological polar surface area (TPSA) is 101 Å². The summed E-state index contributed by atoms with van der Waals surface area (Å²) >= 11 is 15.7. The van der Waals surface area contributed by atoms with Crippen LogP contribution in [0.25, 0.3) is 5.82 Å². The van der Waals surface area contributed by atoms with Gasteiger partial charge in [0.2, 0.25) is 0 Å². The lowest BCUT2D eigenvalue weighted by Crippen LogP contribution is -2.24. The largest absolute Gasteiger partial charge is 0.320 e. The first-order valence-electron chi connectivity index (χ1n) is 9.52. The Morgan fingerprint density at radius 2 is 1.97 bits per heavy atom. The lowest BCUT2D eigenvalue weighted by atomic mass is 10.1. The third kappa shape index (κ3) is 5.35. The van der Waals surface area contributed by atoms with Gasteiger partial charge in [0.1, 0.15) is 10.3 Å². The van der Waals surface area contributed by atoms with Gasteiger partial charge >= 0.3 is 0 Å². The van der Waals surface area contributed by atoms with E-state index in [1.165, 1.54) is 16.8 Å². The Morgan fingerprint density at radius 1 is 1.22 bits per heavy atom. The molecule has 3 aromatic rings. The first-order valence-corrected chi connectivity index (χ1v) is 11.1. The smallest absolute Gasteiger partial charge is 0.274 e. The highest BCUT2D eigenvalue weighted by Crippen LogP contribution is 2.27. The van der Waals surface area contributed by atoms with Crippen LogP contribution in [0.5, 0.6) is 0 Å². The number of aromatic nitrogens is 3. The van der Waals surface area contributed by atoms with Crippen LogP contribution in [0.3, 0.4) is 0 Å². The summed E-state index contributed by atoms with van der Waals surface area (Å²) in [6.45, 7) is 5.46. The van der Waals surface area contributed by atoms with Crippen molar-refractivity contribution in [2.45, 2.75) is 27.2 Å². The molecule has 2 N–H and O–H groups in total. The number of nitrogens with one attached hydrogen (secondary N) is 2. The van der Waals surface area contributed by atoms with E-state index in [0.717, 1.165) is 5.71 Å². The van der Waals surface area contributed by atoms with Crippen LogP contribution in [0, 0.1) is 6.92 Å². The van der Waals surface area contributed by atoms with Crippen molar-refractivity contribution >= 4 is 62.3 Å². The number of nitrogens with zero attached hydrogens (tertiary/aromatic N) is 4.